The van der Waals surface area contributed by atoms with Gasteiger partial charge in [-0.15, -0.1) is 0 Å². The van der Waals surface area contributed by atoms with Gasteiger partial charge in [-0.25, -0.2) is 4.79 Å². The number of rotatable bonds is 5. The summed E-state index contributed by atoms with van der Waals surface area (Å²) in [6.07, 6.45) is 0. The van der Waals surface area contributed by atoms with Crippen molar-refractivity contribution in [3.63, 3.8) is 0 Å². The number of hydrogen-bond acceptors (Lipinski definition) is 3. The summed E-state index contributed by atoms with van der Waals surface area (Å²) < 4.78 is 0. The van der Waals surface area contributed by atoms with Crippen molar-refractivity contribution in [2.45, 2.75) is 13.8 Å². The lowest BCUT2D eigenvalue weighted by Gasteiger charge is -2.14. The Morgan fingerprint density at radius 1 is 0.655 bits per heavy atom. The van der Waals surface area contributed by atoms with Gasteiger partial charge < -0.3 is 15.7 Å². The number of aryl methyl sites for hydroxylation is 1. The quantitative estimate of drug-likeness (QED) is 0.599. The van der Waals surface area contributed by atoms with Crippen molar-refractivity contribution in [1.82, 2.24) is 0 Å². The van der Waals surface area contributed by atoms with Crippen molar-refractivity contribution in [2.24, 2.45) is 0 Å². The van der Waals surface area contributed by atoms with Crippen LogP contribution in [0.2, 0.25) is 0 Å². The van der Waals surface area contributed by atoms with Crippen molar-refractivity contribution in [1.29, 1.82) is 0 Å². The molecule has 2 amide bonds. The van der Waals surface area contributed by atoms with Gasteiger partial charge in [0.25, 0.3) is 11.8 Å². The first-order valence-electron chi connectivity index (χ1n) is 8.98. The third kappa shape index (κ3) is 4.32. The second-order valence-corrected chi connectivity index (χ2v) is 6.55. The zero-order valence-electron chi connectivity index (χ0n) is 16.0. The molecule has 3 aromatic rings. The molecule has 0 saturated carbocycles. The minimum Gasteiger partial charge on any atom is -0.478 e. The Kier molecular flexibility index (Phi) is 5.74. The summed E-state index contributed by atoms with van der Waals surface area (Å²) >= 11 is 0. The molecule has 6 nitrogen and oxygen atoms in total. The molecule has 0 fully saturated rings. The van der Waals surface area contributed by atoms with Crippen LogP contribution < -0.4 is 10.6 Å². The number of para-hydroxylation sites is 1. The Morgan fingerprint density at radius 2 is 1.17 bits per heavy atom. The largest absolute Gasteiger partial charge is 0.478 e. The van der Waals surface area contributed by atoms with Crippen molar-refractivity contribution in [2.75, 3.05) is 10.6 Å². The first-order valence-corrected chi connectivity index (χ1v) is 8.98. The lowest BCUT2D eigenvalue weighted by atomic mass is 10.1. The van der Waals surface area contributed by atoms with E-state index in [9.17, 15) is 19.5 Å². The average Bonchev–Trinajstić information content (AvgIpc) is 2.71. The predicted molar refractivity (Wildman–Crippen MR) is 112 cm³/mol. The Bertz CT molecular complexity index is 1110. The van der Waals surface area contributed by atoms with Gasteiger partial charge in [-0.3, -0.25) is 9.59 Å². The van der Waals surface area contributed by atoms with Crippen LogP contribution >= 0.6 is 0 Å². The molecule has 0 aliphatic rings. The van der Waals surface area contributed by atoms with Crippen molar-refractivity contribution in [3.8, 4) is 0 Å². The average molecular weight is 388 g/mol. The third-order valence-electron chi connectivity index (χ3n) is 4.67. The summed E-state index contributed by atoms with van der Waals surface area (Å²) in [6, 6.07) is 18.1. The zero-order valence-corrected chi connectivity index (χ0v) is 16.0. The fourth-order valence-corrected chi connectivity index (χ4v) is 2.92. The van der Waals surface area contributed by atoms with Crippen LogP contribution in [0.1, 0.15) is 42.2 Å². The molecular weight excluding hydrogens is 368 g/mol. The summed E-state index contributed by atoms with van der Waals surface area (Å²) in [6.45, 7) is 3.88. The number of nitrogens with one attached hydrogen (secondary N) is 2. The number of amides is 2. The maximum Gasteiger partial charge on any atom is 0.336 e. The maximum absolute atomic E-state index is 12.8. The van der Waals surface area contributed by atoms with Gasteiger partial charge in [0.2, 0.25) is 0 Å². The van der Waals surface area contributed by atoms with Crippen LogP contribution in [0.3, 0.4) is 0 Å². The minimum atomic E-state index is -1.20. The molecule has 0 saturated heterocycles. The molecule has 0 unspecified atom stereocenters. The molecule has 29 heavy (non-hydrogen) atoms. The fraction of sp³-hybridized carbons (Fsp3) is 0.0870. The number of benzene rings is 3. The second kappa shape index (κ2) is 8.39. The highest BCUT2D eigenvalue weighted by Gasteiger charge is 2.19. The first kappa shape index (κ1) is 19.8. The lowest BCUT2D eigenvalue weighted by molar-refractivity contribution is 0.0692. The van der Waals surface area contributed by atoms with Crippen LogP contribution in [0.5, 0.6) is 0 Å². The van der Waals surface area contributed by atoms with Gasteiger partial charge in [0.05, 0.1) is 22.4 Å². The monoisotopic (exact) mass is 388 g/mol. The van der Waals surface area contributed by atoms with Gasteiger partial charge in [0.1, 0.15) is 0 Å². The Morgan fingerprint density at radius 3 is 1.86 bits per heavy atom. The van der Waals surface area contributed by atoms with Gasteiger partial charge in [0, 0.05) is 5.69 Å². The molecule has 0 heterocycles. The Hall–Kier alpha value is -3.93. The maximum atomic E-state index is 12.8. The molecule has 0 aliphatic heterocycles. The van der Waals surface area contributed by atoms with Gasteiger partial charge in [0.15, 0.2) is 0 Å². The number of anilines is 2. The molecule has 3 rings (SSSR count). The van der Waals surface area contributed by atoms with Crippen molar-refractivity contribution in [3.05, 3.63) is 94.5 Å². The van der Waals surface area contributed by atoms with Gasteiger partial charge in [-0.05, 0) is 55.3 Å². The molecule has 0 bridgehead atoms. The molecule has 3 N–H and O–H groups in total. The topological polar surface area (TPSA) is 95.5 Å². The number of carboxylic acid groups (broad SMARTS) is 1. The van der Waals surface area contributed by atoms with Crippen LogP contribution in [-0.4, -0.2) is 22.9 Å². The summed E-state index contributed by atoms with van der Waals surface area (Å²) in [4.78, 5) is 36.9. The standard InChI is InChI=1S/C23H20N2O4/c1-14-8-7-13-19(15(14)2)24-22(27)18-11-5-6-12-20(18)25-21(26)16-9-3-4-10-17(16)23(28)29/h3-13H,1-2H3,(H,24,27)(H,25,26)(H,28,29). The molecule has 3 aromatic carbocycles. The highest BCUT2D eigenvalue weighted by molar-refractivity contribution is 6.15. The number of hydrogen-bond donors (Lipinski definition) is 3. The molecule has 0 spiro atoms. The highest BCUT2D eigenvalue weighted by atomic mass is 16.4. The number of carboxylic acids is 1. The molecule has 146 valence electrons. The summed E-state index contributed by atoms with van der Waals surface area (Å²) in [5.41, 5.74) is 3.17. The number of aromatic carboxylic acids is 1. The molecular formula is C23H20N2O4. The SMILES string of the molecule is Cc1cccc(NC(=O)c2ccccc2NC(=O)c2ccccc2C(=O)O)c1C. The number of carbonyl (C=O) groups excluding carboxylic acids is 2. The van der Waals surface area contributed by atoms with Gasteiger partial charge in [-0.2, -0.15) is 0 Å². The van der Waals surface area contributed by atoms with E-state index in [0.717, 1.165) is 11.1 Å². The van der Waals surface area contributed by atoms with Crippen molar-refractivity contribution < 1.29 is 19.5 Å². The van der Waals surface area contributed by atoms with E-state index in [1.165, 1.54) is 12.1 Å². The third-order valence-corrected chi connectivity index (χ3v) is 4.67. The van der Waals surface area contributed by atoms with E-state index >= 15 is 0 Å². The molecule has 0 radical (unpaired) electrons. The van der Waals surface area contributed by atoms with Crippen LogP contribution in [0.15, 0.2) is 66.7 Å². The summed E-state index contributed by atoms with van der Waals surface area (Å²) in [5.74, 6) is -2.17. The Balaban J connectivity index is 1.88. The highest BCUT2D eigenvalue weighted by Crippen LogP contribution is 2.22. The zero-order chi connectivity index (χ0) is 21.0. The molecule has 0 aliphatic carbocycles. The van der Waals surface area contributed by atoms with Crippen LogP contribution in [0.4, 0.5) is 11.4 Å². The van der Waals surface area contributed by atoms with Crippen LogP contribution in [0.25, 0.3) is 0 Å². The van der Waals surface area contributed by atoms with E-state index in [4.69, 9.17) is 0 Å². The summed E-state index contributed by atoms with van der Waals surface area (Å²) in [7, 11) is 0. The van der Waals surface area contributed by atoms with Gasteiger partial charge in [-0.1, -0.05) is 36.4 Å². The second-order valence-electron chi connectivity index (χ2n) is 6.55. The van der Waals surface area contributed by atoms with Gasteiger partial charge >= 0.3 is 5.97 Å². The van der Waals surface area contributed by atoms with E-state index < -0.39 is 11.9 Å². The molecule has 6 heteroatoms. The van der Waals surface area contributed by atoms with Crippen LogP contribution in [-0.2, 0) is 0 Å². The van der Waals surface area contributed by atoms with Crippen molar-refractivity contribution >= 4 is 29.2 Å². The smallest absolute Gasteiger partial charge is 0.336 e. The Labute approximate surface area is 168 Å². The van der Waals surface area contributed by atoms with E-state index in [1.54, 1.807) is 36.4 Å². The molecule has 0 aromatic heterocycles. The van der Waals surface area contributed by atoms with Crippen LogP contribution in [0, 0.1) is 13.8 Å². The van der Waals surface area contributed by atoms with E-state index in [2.05, 4.69) is 10.6 Å². The number of carbonyl (C=O) groups is 3. The molecule has 0 atom stereocenters. The van der Waals surface area contributed by atoms with E-state index in [1.807, 2.05) is 32.0 Å². The lowest BCUT2D eigenvalue weighted by Crippen LogP contribution is -2.20. The normalized spacial score (nSPS) is 10.3. The first-order chi connectivity index (χ1) is 13.9. The fourth-order valence-electron chi connectivity index (χ4n) is 2.92. The minimum absolute atomic E-state index is 0.0183. The van der Waals surface area contributed by atoms with E-state index in [0.29, 0.717) is 11.4 Å². The predicted octanol–water partition coefficient (Wildman–Crippen LogP) is 4.51. The van der Waals surface area contributed by atoms with E-state index in [-0.39, 0.29) is 22.6 Å². The summed E-state index contributed by atoms with van der Waals surface area (Å²) in [5, 5.41) is 14.8.